The summed E-state index contributed by atoms with van der Waals surface area (Å²) in [6.45, 7) is 2.18. The van der Waals surface area contributed by atoms with Gasteiger partial charge in [0.25, 0.3) is 5.91 Å². The van der Waals surface area contributed by atoms with Crippen LogP contribution in [0.1, 0.15) is 16.1 Å². The van der Waals surface area contributed by atoms with Gasteiger partial charge in [-0.25, -0.2) is 9.67 Å². The summed E-state index contributed by atoms with van der Waals surface area (Å²) in [6, 6.07) is 22.6. The number of halogens is 1. The fourth-order valence-corrected chi connectivity index (χ4v) is 4.54. The van der Waals surface area contributed by atoms with Gasteiger partial charge in [-0.15, -0.1) is 11.3 Å². The van der Waals surface area contributed by atoms with Crippen molar-refractivity contribution in [2.45, 2.75) is 13.7 Å². The highest BCUT2D eigenvalue weighted by atomic mass is 35.5. The molecule has 33 heavy (non-hydrogen) atoms. The zero-order valence-corrected chi connectivity index (χ0v) is 19.2. The highest BCUT2D eigenvalue weighted by molar-refractivity contribution is 7.21. The zero-order chi connectivity index (χ0) is 22.8. The Balaban J connectivity index is 1.26. The number of nitrogens with one attached hydrogen (secondary N) is 1. The second-order valence-electron chi connectivity index (χ2n) is 7.47. The number of hydrogen-bond donors (Lipinski definition) is 1. The van der Waals surface area contributed by atoms with Crippen LogP contribution in [0.15, 0.2) is 79.0 Å². The average Bonchev–Trinajstić information content (AvgIpc) is 3.46. The number of benzene rings is 3. The number of nitrogens with zero attached hydrogens (tertiary/aromatic N) is 3. The van der Waals surface area contributed by atoms with Crippen molar-refractivity contribution in [1.82, 2.24) is 14.8 Å². The number of hydrogen-bond acceptors (Lipinski definition) is 5. The smallest absolute Gasteiger partial charge is 0.274 e. The molecule has 6 nitrogen and oxygen atoms in total. The number of anilines is 1. The minimum Gasteiger partial charge on any atom is -0.471 e. The van der Waals surface area contributed by atoms with Crippen LogP contribution in [0.2, 0.25) is 5.02 Å². The van der Waals surface area contributed by atoms with Gasteiger partial charge in [-0.2, -0.15) is 5.10 Å². The fraction of sp³-hybridized carbons (Fsp3) is 0.0800. The topological polar surface area (TPSA) is 69.0 Å². The summed E-state index contributed by atoms with van der Waals surface area (Å²) in [4.78, 5) is 17.5. The standard InChI is InChI=1S/C25H19ClN4O2S/c1-16-2-11-21-23(14-16)33-25(29-21)17-3-7-19(8-4-17)28-24(31)22-12-13-27-30(22)15-32-20-9-5-18(26)6-10-20/h2-14H,15H2,1H3,(H,28,31). The molecule has 1 amide bonds. The molecule has 0 saturated carbocycles. The maximum Gasteiger partial charge on any atom is 0.274 e. The van der Waals surface area contributed by atoms with Gasteiger partial charge in [-0.1, -0.05) is 17.7 Å². The summed E-state index contributed by atoms with van der Waals surface area (Å²) < 4.78 is 8.36. The van der Waals surface area contributed by atoms with E-state index >= 15 is 0 Å². The number of carbonyl (C=O) groups is 1. The second-order valence-corrected chi connectivity index (χ2v) is 8.93. The van der Waals surface area contributed by atoms with Crippen LogP contribution in [-0.2, 0) is 6.73 Å². The molecule has 3 aromatic carbocycles. The fourth-order valence-electron chi connectivity index (χ4n) is 3.34. The molecule has 5 rings (SSSR count). The van der Waals surface area contributed by atoms with Crippen LogP contribution in [-0.4, -0.2) is 20.7 Å². The number of carbonyl (C=O) groups excluding carboxylic acids is 1. The third-order valence-corrected chi connectivity index (χ3v) is 6.37. The van der Waals surface area contributed by atoms with Crippen LogP contribution in [0.25, 0.3) is 20.8 Å². The molecule has 0 radical (unpaired) electrons. The van der Waals surface area contributed by atoms with Gasteiger partial charge in [-0.3, -0.25) is 4.79 Å². The number of aryl methyl sites for hydroxylation is 1. The van der Waals surface area contributed by atoms with E-state index in [1.807, 2.05) is 30.3 Å². The first kappa shape index (κ1) is 21.2. The maximum absolute atomic E-state index is 12.8. The van der Waals surface area contributed by atoms with E-state index < -0.39 is 0 Å². The quantitative estimate of drug-likeness (QED) is 0.308. The van der Waals surface area contributed by atoms with Gasteiger partial charge in [0.15, 0.2) is 6.73 Å². The number of amides is 1. The molecule has 8 heteroatoms. The Hall–Kier alpha value is -3.68. The minimum atomic E-state index is -0.268. The number of fused-ring (bicyclic) bond motifs is 1. The molecule has 0 bridgehead atoms. The van der Waals surface area contributed by atoms with Gasteiger partial charge in [0.2, 0.25) is 0 Å². The van der Waals surface area contributed by atoms with Crippen LogP contribution < -0.4 is 10.1 Å². The molecule has 0 spiro atoms. The van der Waals surface area contributed by atoms with Crippen LogP contribution in [0.5, 0.6) is 5.75 Å². The molecule has 0 fully saturated rings. The molecule has 164 valence electrons. The van der Waals surface area contributed by atoms with E-state index in [1.54, 1.807) is 47.9 Å². The Morgan fingerprint density at radius 2 is 1.85 bits per heavy atom. The molecule has 0 saturated heterocycles. The van der Waals surface area contributed by atoms with Crippen molar-refractivity contribution in [1.29, 1.82) is 0 Å². The normalized spacial score (nSPS) is 11.0. The first-order chi connectivity index (χ1) is 16.0. The van der Waals surface area contributed by atoms with Gasteiger partial charge < -0.3 is 10.1 Å². The lowest BCUT2D eigenvalue weighted by molar-refractivity contribution is 0.100. The van der Waals surface area contributed by atoms with Crippen LogP contribution >= 0.6 is 22.9 Å². The molecule has 0 atom stereocenters. The molecule has 2 aromatic heterocycles. The largest absolute Gasteiger partial charge is 0.471 e. The molecule has 0 unspecified atom stereocenters. The third kappa shape index (κ3) is 4.74. The van der Waals surface area contributed by atoms with E-state index in [1.165, 1.54) is 10.2 Å². The number of rotatable bonds is 6. The number of ether oxygens (including phenoxy) is 1. The van der Waals surface area contributed by atoms with E-state index in [0.29, 0.717) is 22.2 Å². The monoisotopic (exact) mass is 474 g/mol. The van der Waals surface area contributed by atoms with Crippen molar-refractivity contribution in [2.24, 2.45) is 0 Å². The molecule has 5 aromatic rings. The summed E-state index contributed by atoms with van der Waals surface area (Å²) in [7, 11) is 0. The van der Waals surface area contributed by atoms with E-state index in [9.17, 15) is 4.79 Å². The molecular weight excluding hydrogens is 456 g/mol. The Morgan fingerprint density at radius 3 is 2.64 bits per heavy atom. The van der Waals surface area contributed by atoms with Gasteiger partial charge in [0.05, 0.1) is 10.2 Å². The lowest BCUT2D eigenvalue weighted by Gasteiger charge is -2.10. The van der Waals surface area contributed by atoms with E-state index in [4.69, 9.17) is 21.3 Å². The number of aromatic nitrogens is 3. The lowest BCUT2D eigenvalue weighted by atomic mass is 10.2. The van der Waals surface area contributed by atoms with Gasteiger partial charge in [0, 0.05) is 22.5 Å². The van der Waals surface area contributed by atoms with Gasteiger partial charge in [-0.05, 0) is 79.2 Å². The summed E-state index contributed by atoms with van der Waals surface area (Å²) >= 11 is 7.55. The molecule has 0 aliphatic rings. The van der Waals surface area contributed by atoms with Crippen molar-refractivity contribution in [3.05, 3.63) is 95.3 Å². The summed E-state index contributed by atoms with van der Waals surface area (Å²) in [5.41, 5.74) is 4.30. The first-order valence-electron chi connectivity index (χ1n) is 10.2. The van der Waals surface area contributed by atoms with Crippen LogP contribution in [0, 0.1) is 6.92 Å². The zero-order valence-electron chi connectivity index (χ0n) is 17.7. The summed E-state index contributed by atoms with van der Waals surface area (Å²) in [5, 5.41) is 8.68. The predicted molar refractivity (Wildman–Crippen MR) is 132 cm³/mol. The number of thiazole rings is 1. The lowest BCUT2D eigenvalue weighted by Crippen LogP contribution is -2.19. The minimum absolute atomic E-state index is 0.105. The third-order valence-electron chi connectivity index (χ3n) is 5.05. The Morgan fingerprint density at radius 1 is 1.06 bits per heavy atom. The first-order valence-corrected chi connectivity index (χ1v) is 11.4. The molecule has 2 heterocycles. The van der Waals surface area contributed by atoms with Gasteiger partial charge >= 0.3 is 0 Å². The molecule has 0 aliphatic heterocycles. The molecular formula is C25H19ClN4O2S. The van der Waals surface area contributed by atoms with Crippen molar-refractivity contribution < 1.29 is 9.53 Å². The Bertz CT molecular complexity index is 1430. The highest BCUT2D eigenvalue weighted by Crippen LogP contribution is 2.31. The maximum atomic E-state index is 12.8. The van der Waals surface area contributed by atoms with Crippen molar-refractivity contribution in [2.75, 3.05) is 5.32 Å². The van der Waals surface area contributed by atoms with Crippen LogP contribution in [0.4, 0.5) is 5.69 Å². The SMILES string of the molecule is Cc1ccc2nc(-c3ccc(NC(=O)c4ccnn4COc4ccc(Cl)cc4)cc3)sc2c1. The summed E-state index contributed by atoms with van der Waals surface area (Å²) in [6.07, 6.45) is 1.57. The van der Waals surface area contributed by atoms with Gasteiger partial charge in [0.1, 0.15) is 16.5 Å². The Kier molecular flexibility index (Phi) is 5.81. The predicted octanol–water partition coefficient (Wildman–Crippen LogP) is 6.41. The van der Waals surface area contributed by atoms with E-state index in [2.05, 4.69) is 29.5 Å². The van der Waals surface area contributed by atoms with Crippen molar-refractivity contribution in [3.8, 4) is 16.3 Å². The van der Waals surface area contributed by atoms with Crippen molar-refractivity contribution in [3.63, 3.8) is 0 Å². The Labute approximate surface area is 199 Å². The highest BCUT2D eigenvalue weighted by Gasteiger charge is 2.13. The van der Waals surface area contributed by atoms with E-state index in [-0.39, 0.29) is 12.6 Å². The summed E-state index contributed by atoms with van der Waals surface area (Å²) in [5.74, 6) is 0.372. The van der Waals surface area contributed by atoms with E-state index in [0.717, 1.165) is 20.8 Å². The molecule has 0 aliphatic carbocycles. The van der Waals surface area contributed by atoms with Crippen LogP contribution in [0.3, 0.4) is 0 Å². The molecule has 1 N–H and O–H groups in total. The second kappa shape index (κ2) is 9.05. The van der Waals surface area contributed by atoms with Crippen molar-refractivity contribution >= 4 is 44.7 Å². The average molecular weight is 475 g/mol.